The molecule has 59 heavy (non-hydrogen) atoms. The fourth-order valence-electron chi connectivity index (χ4n) is 16.3. The molecular weight excluding hydrogens is 741 g/mol. The zero-order valence-electron chi connectivity index (χ0n) is 36.5. The summed E-state index contributed by atoms with van der Waals surface area (Å²) in [5.41, 5.74) is 0.505. The van der Waals surface area contributed by atoms with Crippen LogP contribution in [0.3, 0.4) is 0 Å². The lowest BCUT2D eigenvalue weighted by Crippen LogP contribution is -2.28. The predicted molar refractivity (Wildman–Crippen MR) is 227 cm³/mol. The Bertz CT molecular complexity index is 1460. The van der Waals surface area contributed by atoms with Gasteiger partial charge in [-0.05, 0) is 216 Å². The van der Waals surface area contributed by atoms with Crippen molar-refractivity contribution in [1.29, 1.82) is 0 Å². The Balaban J connectivity index is 0.564. The highest BCUT2D eigenvalue weighted by Gasteiger charge is 2.58. The summed E-state index contributed by atoms with van der Waals surface area (Å²) in [6.45, 7) is 17.4. The van der Waals surface area contributed by atoms with Gasteiger partial charge in [-0.2, -0.15) is 0 Å². The summed E-state index contributed by atoms with van der Waals surface area (Å²) in [4.78, 5) is 23.5. The molecule has 0 N–H and O–H groups in total. The summed E-state index contributed by atoms with van der Waals surface area (Å²) >= 11 is 0. The van der Waals surface area contributed by atoms with E-state index in [1.54, 1.807) is 6.92 Å². The number of hydrogen-bond donors (Lipinski definition) is 0. The maximum absolute atomic E-state index is 11.9. The molecule has 18 atom stereocenters. The van der Waals surface area contributed by atoms with Crippen molar-refractivity contribution in [2.24, 2.45) is 107 Å². The van der Waals surface area contributed by atoms with E-state index in [-0.39, 0.29) is 11.9 Å². The average molecular weight is 819 g/mol. The minimum Gasteiger partial charge on any atom is -0.462 e. The molecule has 0 radical (unpaired) electrons. The summed E-state index contributed by atoms with van der Waals surface area (Å²) in [6, 6.07) is 0. The molecule has 9 rings (SSSR count). The minimum atomic E-state index is -0.276. The molecule has 0 aliphatic heterocycles. The molecule has 18 unspecified atom stereocenters. The number of esters is 2. The van der Waals surface area contributed by atoms with E-state index in [1.807, 2.05) is 0 Å². The molecule has 0 heterocycles. The van der Waals surface area contributed by atoms with E-state index in [2.05, 4.69) is 13.2 Å². The second-order valence-corrected chi connectivity index (χ2v) is 21.9. The minimum absolute atomic E-state index is 0.230. The van der Waals surface area contributed by atoms with Crippen molar-refractivity contribution in [3.63, 3.8) is 0 Å². The van der Waals surface area contributed by atoms with Crippen molar-refractivity contribution in [3.05, 3.63) is 24.8 Å². The topological polar surface area (TPSA) is 89.5 Å². The summed E-state index contributed by atoms with van der Waals surface area (Å²) in [5.74, 6) is 13.8. The van der Waals surface area contributed by atoms with Gasteiger partial charge in [-0.25, -0.2) is 9.59 Å². The summed E-state index contributed by atoms with van der Waals surface area (Å²) in [5, 5.41) is 0. The summed E-state index contributed by atoms with van der Waals surface area (Å²) in [6.07, 6.45) is 21.8. The van der Waals surface area contributed by atoms with Crippen molar-refractivity contribution >= 4 is 11.9 Å². The maximum Gasteiger partial charge on any atom is 0.333 e. The molecule has 8 heteroatoms. The van der Waals surface area contributed by atoms with Gasteiger partial charge in [-0.1, -0.05) is 13.2 Å². The van der Waals surface area contributed by atoms with Crippen LogP contribution in [0.4, 0.5) is 0 Å². The van der Waals surface area contributed by atoms with Gasteiger partial charge in [0.1, 0.15) is 0 Å². The van der Waals surface area contributed by atoms with Crippen molar-refractivity contribution < 1.29 is 38.0 Å². The predicted octanol–water partition coefficient (Wildman–Crippen LogP) is 9.36. The van der Waals surface area contributed by atoms with E-state index in [9.17, 15) is 9.59 Å². The third kappa shape index (κ3) is 9.47. The molecule has 330 valence electrons. The third-order valence-corrected chi connectivity index (χ3v) is 18.5. The number of rotatable bonds is 24. The fraction of sp³-hybridized carbons (Fsp3) is 0.882. The van der Waals surface area contributed by atoms with Gasteiger partial charge in [-0.15, -0.1) is 0 Å². The monoisotopic (exact) mass is 819 g/mol. The van der Waals surface area contributed by atoms with Crippen LogP contribution in [0.2, 0.25) is 0 Å². The molecule has 9 saturated carbocycles. The van der Waals surface area contributed by atoms with Crippen molar-refractivity contribution in [2.45, 2.75) is 110 Å². The zero-order valence-corrected chi connectivity index (χ0v) is 36.5. The molecule has 9 aliphatic rings. The van der Waals surface area contributed by atoms with Crippen molar-refractivity contribution in [1.82, 2.24) is 0 Å². The molecule has 0 aromatic heterocycles. The number of fused-ring (bicyclic) bond motifs is 15. The number of ether oxygens (including phenoxy) is 6. The van der Waals surface area contributed by atoms with Gasteiger partial charge in [-0.3, -0.25) is 0 Å². The van der Waals surface area contributed by atoms with Gasteiger partial charge < -0.3 is 28.4 Å². The van der Waals surface area contributed by atoms with E-state index >= 15 is 0 Å². The van der Waals surface area contributed by atoms with Crippen molar-refractivity contribution in [3.8, 4) is 0 Å². The number of hydrogen-bond acceptors (Lipinski definition) is 8. The van der Waals surface area contributed by atoms with E-state index in [4.69, 9.17) is 28.4 Å². The first-order valence-electron chi connectivity index (χ1n) is 24.8. The highest BCUT2D eigenvalue weighted by atomic mass is 16.5. The molecule has 9 aliphatic carbocycles. The zero-order chi connectivity index (χ0) is 40.5. The highest BCUT2D eigenvalue weighted by molar-refractivity contribution is 5.86. The van der Waals surface area contributed by atoms with Gasteiger partial charge in [0.25, 0.3) is 0 Å². The maximum atomic E-state index is 11.9. The molecule has 0 saturated heterocycles. The van der Waals surface area contributed by atoms with Crippen LogP contribution in [0, 0.1) is 107 Å². The standard InChI is InChI=1S/C51H78O8/c1-4-50(52)58-29-39-20-36-23-45(39)48-17-33(14-42(36)48)26-56-11-7-8-12-57-28-38-19-35-22-44(38)47-16-32(13-41(35)47)25-54-9-5-6-10-55-27-34-15-43-37-21-40(30-59-51(53)31(2)3)46(24-37)49(43)18-34/h4,32-49H,1-2,5-30H2,3H3. The van der Waals surface area contributed by atoms with Crippen molar-refractivity contribution in [2.75, 3.05) is 66.1 Å². The molecule has 6 bridgehead atoms. The lowest BCUT2D eigenvalue weighted by atomic mass is 9.76. The Hall–Kier alpha value is -1.74. The molecule has 0 aromatic rings. The largest absolute Gasteiger partial charge is 0.462 e. The van der Waals surface area contributed by atoms with Crippen LogP contribution in [0.1, 0.15) is 110 Å². The Morgan fingerprint density at radius 3 is 1.20 bits per heavy atom. The highest BCUT2D eigenvalue weighted by Crippen LogP contribution is 2.64. The molecular formula is C51H78O8. The van der Waals surface area contributed by atoms with Crippen LogP contribution in [-0.2, 0) is 38.0 Å². The van der Waals surface area contributed by atoms with Crippen LogP contribution in [0.15, 0.2) is 24.8 Å². The Labute approximate surface area is 356 Å². The van der Waals surface area contributed by atoms with Crippen LogP contribution < -0.4 is 0 Å². The van der Waals surface area contributed by atoms with Crippen LogP contribution in [0.25, 0.3) is 0 Å². The van der Waals surface area contributed by atoms with Gasteiger partial charge in [0.05, 0.1) is 13.2 Å². The van der Waals surface area contributed by atoms with E-state index in [1.165, 1.54) is 83.1 Å². The summed E-state index contributed by atoms with van der Waals surface area (Å²) < 4.78 is 36.0. The molecule has 9 fully saturated rings. The van der Waals surface area contributed by atoms with Gasteiger partial charge >= 0.3 is 11.9 Å². The Morgan fingerprint density at radius 2 is 0.814 bits per heavy atom. The summed E-state index contributed by atoms with van der Waals surface area (Å²) in [7, 11) is 0. The average Bonchev–Trinajstić information content (AvgIpc) is 4.08. The first kappa shape index (κ1) is 42.6. The molecule has 8 nitrogen and oxygen atoms in total. The number of carbonyl (C=O) groups is 2. The lowest BCUT2D eigenvalue weighted by molar-refractivity contribution is -0.141. The van der Waals surface area contributed by atoms with E-state index in [0.717, 1.165) is 161 Å². The van der Waals surface area contributed by atoms with E-state index < -0.39 is 0 Å². The molecule has 0 amide bonds. The van der Waals surface area contributed by atoms with Gasteiger partial charge in [0.2, 0.25) is 0 Å². The van der Waals surface area contributed by atoms with Crippen LogP contribution >= 0.6 is 0 Å². The Morgan fingerprint density at radius 1 is 0.458 bits per heavy atom. The first-order chi connectivity index (χ1) is 28.8. The quantitative estimate of drug-likeness (QED) is 0.0541. The molecule has 0 aromatic carbocycles. The number of carbonyl (C=O) groups excluding carboxylic acids is 2. The second-order valence-electron chi connectivity index (χ2n) is 21.9. The SMILES string of the molecule is C=CC(=O)OCC1CC2CC1C1CC(COCCCCOCC3CC4CC3C3CC(COCCCCOCC5CC6C7CC(COC(=O)C(=C)C)C(C7)C6C5)CC43)CC21. The van der Waals surface area contributed by atoms with Crippen LogP contribution in [-0.4, -0.2) is 78.0 Å². The third-order valence-electron chi connectivity index (χ3n) is 18.5. The number of unbranched alkanes of at least 4 members (excludes halogenated alkanes) is 2. The Kier molecular flexibility index (Phi) is 13.9. The van der Waals surface area contributed by atoms with Gasteiger partial charge in [0.15, 0.2) is 0 Å². The van der Waals surface area contributed by atoms with Gasteiger partial charge in [0, 0.05) is 64.5 Å². The first-order valence-corrected chi connectivity index (χ1v) is 24.8. The molecule has 0 spiro atoms. The lowest BCUT2D eigenvalue weighted by Gasteiger charge is -2.31. The second kappa shape index (κ2) is 19.3. The normalized spacial score (nSPS) is 43.0. The fourth-order valence-corrected chi connectivity index (χ4v) is 16.3. The van der Waals surface area contributed by atoms with E-state index in [0.29, 0.717) is 42.5 Å². The van der Waals surface area contributed by atoms with Crippen LogP contribution in [0.5, 0.6) is 0 Å². The smallest absolute Gasteiger partial charge is 0.333 e.